The minimum Gasteiger partial charge on any atom is -0.380 e. The van der Waals surface area contributed by atoms with E-state index >= 15 is 0 Å². The average molecular weight is 286 g/mol. The van der Waals surface area contributed by atoms with Gasteiger partial charge in [-0.2, -0.15) is 0 Å². The summed E-state index contributed by atoms with van der Waals surface area (Å²) in [7, 11) is 3.75. The number of benzene rings is 1. The fourth-order valence-corrected chi connectivity index (χ4v) is 2.07. The molecule has 0 spiro atoms. The van der Waals surface area contributed by atoms with E-state index in [1.165, 1.54) is 6.07 Å². The van der Waals surface area contributed by atoms with Crippen LogP contribution in [0.15, 0.2) is 18.2 Å². The van der Waals surface area contributed by atoms with Gasteiger partial charge in [-0.3, -0.25) is 0 Å². The Bertz CT molecular complexity index is 401. The third-order valence-corrected chi connectivity index (χ3v) is 3.33. The van der Waals surface area contributed by atoms with E-state index in [4.69, 9.17) is 4.74 Å². The predicted octanol–water partition coefficient (Wildman–Crippen LogP) is 2.58. The Balaban J connectivity index is 2.53. The van der Waals surface area contributed by atoms with Crippen LogP contribution in [0.25, 0.3) is 0 Å². The van der Waals surface area contributed by atoms with Crippen LogP contribution in [0.4, 0.5) is 8.78 Å². The molecule has 0 saturated heterocycles. The molecular formula is C15H24F2N2O. The van der Waals surface area contributed by atoms with Gasteiger partial charge in [0.15, 0.2) is 11.6 Å². The Morgan fingerprint density at radius 2 is 2.05 bits per heavy atom. The number of hydrogen-bond donors (Lipinski definition) is 1. The van der Waals surface area contributed by atoms with Gasteiger partial charge >= 0.3 is 0 Å². The van der Waals surface area contributed by atoms with Crippen LogP contribution in [0.3, 0.4) is 0 Å². The maximum atomic E-state index is 13.8. The highest BCUT2D eigenvalue weighted by Crippen LogP contribution is 2.21. The highest BCUT2D eigenvalue weighted by molar-refractivity contribution is 5.22. The van der Waals surface area contributed by atoms with Crippen LogP contribution in [-0.2, 0) is 4.74 Å². The van der Waals surface area contributed by atoms with E-state index in [9.17, 15) is 8.78 Å². The number of hydrogen-bond acceptors (Lipinski definition) is 3. The van der Waals surface area contributed by atoms with E-state index in [1.54, 1.807) is 13.1 Å². The van der Waals surface area contributed by atoms with Gasteiger partial charge in [-0.1, -0.05) is 12.1 Å². The van der Waals surface area contributed by atoms with Gasteiger partial charge in [-0.25, -0.2) is 8.78 Å². The molecule has 0 amide bonds. The van der Waals surface area contributed by atoms with Crippen LogP contribution in [0.1, 0.15) is 24.9 Å². The summed E-state index contributed by atoms with van der Waals surface area (Å²) in [6.45, 7) is 4.97. The molecule has 20 heavy (non-hydrogen) atoms. The lowest BCUT2D eigenvalue weighted by Gasteiger charge is -2.22. The molecule has 5 heteroatoms. The van der Waals surface area contributed by atoms with Crippen molar-refractivity contribution in [1.29, 1.82) is 0 Å². The van der Waals surface area contributed by atoms with Gasteiger partial charge < -0.3 is 15.0 Å². The van der Waals surface area contributed by atoms with Gasteiger partial charge in [0.05, 0.1) is 6.61 Å². The topological polar surface area (TPSA) is 24.5 Å². The molecule has 0 bridgehead atoms. The summed E-state index contributed by atoms with van der Waals surface area (Å²) < 4.78 is 32.3. The predicted molar refractivity (Wildman–Crippen MR) is 76.8 cm³/mol. The molecule has 1 rings (SSSR count). The second-order valence-corrected chi connectivity index (χ2v) is 4.77. The third kappa shape index (κ3) is 5.15. The molecule has 1 atom stereocenters. The van der Waals surface area contributed by atoms with Crippen molar-refractivity contribution < 1.29 is 13.5 Å². The van der Waals surface area contributed by atoms with Crippen molar-refractivity contribution in [3.05, 3.63) is 35.4 Å². The van der Waals surface area contributed by atoms with Crippen LogP contribution in [-0.4, -0.2) is 45.3 Å². The molecule has 0 saturated carbocycles. The van der Waals surface area contributed by atoms with Crippen LogP contribution in [0.5, 0.6) is 0 Å². The average Bonchev–Trinajstić information content (AvgIpc) is 2.44. The fourth-order valence-electron chi connectivity index (χ4n) is 2.07. The lowest BCUT2D eigenvalue weighted by molar-refractivity contribution is 0.121. The number of nitrogens with zero attached hydrogens (tertiary/aromatic N) is 1. The number of ether oxygens (including phenoxy) is 1. The molecule has 114 valence electrons. The first-order valence-corrected chi connectivity index (χ1v) is 6.97. The van der Waals surface area contributed by atoms with E-state index < -0.39 is 11.6 Å². The number of rotatable bonds is 9. The van der Waals surface area contributed by atoms with Gasteiger partial charge in [0.1, 0.15) is 0 Å². The molecule has 0 aromatic heterocycles. The van der Waals surface area contributed by atoms with Crippen molar-refractivity contribution in [3.63, 3.8) is 0 Å². The Morgan fingerprint density at radius 1 is 1.30 bits per heavy atom. The van der Waals surface area contributed by atoms with Crippen molar-refractivity contribution in [2.45, 2.75) is 19.4 Å². The van der Waals surface area contributed by atoms with Crippen molar-refractivity contribution in [1.82, 2.24) is 10.2 Å². The van der Waals surface area contributed by atoms with E-state index in [2.05, 4.69) is 10.2 Å². The zero-order valence-electron chi connectivity index (χ0n) is 12.5. The zero-order chi connectivity index (χ0) is 15.0. The maximum absolute atomic E-state index is 13.8. The van der Waals surface area contributed by atoms with Crippen LogP contribution in [0, 0.1) is 11.6 Å². The molecule has 1 aromatic rings. The van der Waals surface area contributed by atoms with Crippen LogP contribution >= 0.6 is 0 Å². The summed E-state index contributed by atoms with van der Waals surface area (Å²) in [5.74, 6) is -1.56. The van der Waals surface area contributed by atoms with Gasteiger partial charge in [-0.05, 0) is 40.1 Å². The molecular weight excluding hydrogens is 262 g/mol. The summed E-state index contributed by atoms with van der Waals surface area (Å²) in [4.78, 5) is 2.12. The highest BCUT2D eigenvalue weighted by Gasteiger charge is 2.17. The quantitative estimate of drug-likeness (QED) is 0.706. The van der Waals surface area contributed by atoms with Gasteiger partial charge in [-0.15, -0.1) is 0 Å². The molecule has 1 aromatic carbocycles. The van der Waals surface area contributed by atoms with Gasteiger partial charge in [0, 0.05) is 24.8 Å². The summed E-state index contributed by atoms with van der Waals surface area (Å²) >= 11 is 0. The van der Waals surface area contributed by atoms with Crippen molar-refractivity contribution >= 4 is 0 Å². The Hall–Kier alpha value is -1.04. The summed E-state index contributed by atoms with van der Waals surface area (Å²) in [5.41, 5.74) is 0.380. The van der Waals surface area contributed by atoms with Crippen molar-refractivity contribution in [2.24, 2.45) is 0 Å². The van der Waals surface area contributed by atoms with Crippen molar-refractivity contribution in [3.8, 4) is 0 Å². The first-order valence-electron chi connectivity index (χ1n) is 6.97. The van der Waals surface area contributed by atoms with E-state index in [0.29, 0.717) is 25.2 Å². The monoisotopic (exact) mass is 286 g/mol. The Kier molecular flexibility index (Phi) is 7.65. The standard InChI is InChI=1S/C15H24F2N2O/c1-4-20-11-10-19(3)9-8-14(18-2)12-6-5-7-13(16)15(12)17/h5-7,14,18H,4,8-11H2,1-3H3. The molecule has 0 aliphatic heterocycles. The number of halogens is 2. The molecule has 3 nitrogen and oxygen atoms in total. The van der Waals surface area contributed by atoms with Crippen LogP contribution in [0.2, 0.25) is 0 Å². The summed E-state index contributed by atoms with van der Waals surface area (Å²) in [6, 6.07) is 4.11. The first-order chi connectivity index (χ1) is 9.60. The Labute approximate surface area is 119 Å². The number of nitrogens with one attached hydrogen (secondary N) is 1. The fraction of sp³-hybridized carbons (Fsp3) is 0.600. The van der Waals surface area contributed by atoms with E-state index in [1.807, 2.05) is 14.0 Å². The largest absolute Gasteiger partial charge is 0.380 e. The maximum Gasteiger partial charge on any atom is 0.163 e. The lowest BCUT2D eigenvalue weighted by atomic mass is 10.0. The molecule has 0 radical (unpaired) electrons. The zero-order valence-corrected chi connectivity index (χ0v) is 12.5. The normalized spacial score (nSPS) is 12.9. The number of likely N-dealkylation sites (N-methyl/N-ethyl adjacent to an activating group) is 1. The van der Waals surface area contributed by atoms with Crippen molar-refractivity contribution in [2.75, 3.05) is 40.4 Å². The van der Waals surface area contributed by atoms with Gasteiger partial charge in [0.2, 0.25) is 0 Å². The molecule has 0 heterocycles. The molecule has 0 aliphatic rings. The Morgan fingerprint density at radius 3 is 2.70 bits per heavy atom. The van der Waals surface area contributed by atoms with E-state index in [0.717, 1.165) is 19.2 Å². The second kappa shape index (κ2) is 9.00. The first kappa shape index (κ1) is 17.0. The SMILES string of the molecule is CCOCCN(C)CCC(NC)c1cccc(F)c1F. The minimum absolute atomic E-state index is 0.194. The molecule has 1 N–H and O–H groups in total. The highest BCUT2D eigenvalue weighted by atomic mass is 19.2. The summed E-state index contributed by atoms with van der Waals surface area (Å²) in [6.07, 6.45) is 0.708. The van der Waals surface area contributed by atoms with E-state index in [-0.39, 0.29) is 6.04 Å². The smallest absolute Gasteiger partial charge is 0.163 e. The van der Waals surface area contributed by atoms with Gasteiger partial charge in [0.25, 0.3) is 0 Å². The molecule has 1 unspecified atom stereocenters. The summed E-state index contributed by atoms with van der Waals surface area (Å²) in [5, 5.41) is 3.04. The minimum atomic E-state index is -0.799. The van der Waals surface area contributed by atoms with Crippen LogP contribution < -0.4 is 5.32 Å². The third-order valence-electron chi connectivity index (χ3n) is 3.33. The second-order valence-electron chi connectivity index (χ2n) is 4.77. The lowest BCUT2D eigenvalue weighted by Crippen LogP contribution is -2.28. The molecule has 0 aliphatic carbocycles. The molecule has 0 fully saturated rings.